The van der Waals surface area contributed by atoms with Gasteiger partial charge in [0.2, 0.25) is 11.8 Å². The van der Waals surface area contributed by atoms with Gasteiger partial charge < -0.3 is 19.6 Å². The number of carbonyl (C=O) groups is 2. The Balaban J connectivity index is 1.16. The van der Waals surface area contributed by atoms with E-state index in [1.54, 1.807) is 18.2 Å². The van der Waals surface area contributed by atoms with E-state index < -0.39 is 23.8 Å². The summed E-state index contributed by atoms with van der Waals surface area (Å²) in [5, 5.41) is 14.0. The first-order valence-electron chi connectivity index (χ1n) is 15.1. The molecule has 2 unspecified atom stereocenters. The van der Waals surface area contributed by atoms with Crippen molar-refractivity contribution in [2.24, 2.45) is 11.8 Å². The molecule has 13 heteroatoms. The minimum Gasteiger partial charge on any atom is -0.508 e. The molecule has 10 nitrogen and oxygen atoms in total. The van der Waals surface area contributed by atoms with E-state index in [9.17, 15) is 23.5 Å². The zero-order valence-electron chi connectivity index (χ0n) is 23.9. The molecule has 5 aliphatic rings. The van der Waals surface area contributed by atoms with Crippen LogP contribution in [0, 0.1) is 17.7 Å². The lowest BCUT2D eigenvalue weighted by molar-refractivity contribution is -0.126. The van der Waals surface area contributed by atoms with Crippen LogP contribution in [-0.4, -0.2) is 82.8 Å². The van der Waals surface area contributed by atoms with E-state index >= 15 is 0 Å². The zero-order chi connectivity index (χ0) is 30.3. The number of carbonyl (C=O) groups excluding carboxylic acids is 2. The number of anilines is 2. The molecule has 4 atom stereocenters. The van der Waals surface area contributed by atoms with E-state index in [-0.39, 0.29) is 40.7 Å². The van der Waals surface area contributed by atoms with E-state index in [1.807, 2.05) is 9.80 Å². The number of alkyl halides is 1. The second-order valence-corrected chi connectivity index (χ2v) is 13.1. The van der Waals surface area contributed by atoms with Crippen molar-refractivity contribution in [1.82, 2.24) is 20.2 Å². The Morgan fingerprint density at radius 1 is 1.09 bits per heavy atom. The van der Waals surface area contributed by atoms with Crippen LogP contribution in [0.15, 0.2) is 24.3 Å². The lowest BCUT2D eigenvalue weighted by Crippen LogP contribution is -2.43. The molecule has 230 valence electrons. The van der Waals surface area contributed by atoms with Crippen LogP contribution in [0.5, 0.6) is 11.8 Å². The Labute approximate surface area is 256 Å². The van der Waals surface area contributed by atoms with E-state index in [2.05, 4.69) is 10.2 Å². The summed E-state index contributed by atoms with van der Waals surface area (Å²) in [6.07, 6.45) is 1.85. The molecule has 1 aromatic heterocycles. The molecule has 0 radical (unpaired) electrons. The molecule has 2 aromatic carbocycles. The molecule has 4 fully saturated rings. The van der Waals surface area contributed by atoms with Crippen LogP contribution < -0.4 is 19.9 Å². The number of aromatic hydroxyl groups is 1. The summed E-state index contributed by atoms with van der Waals surface area (Å²) in [4.78, 5) is 40.7. The molecule has 0 saturated carbocycles. The molecule has 0 bridgehead atoms. The van der Waals surface area contributed by atoms with Gasteiger partial charge in [-0.15, -0.1) is 0 Å². The van der Waals surface area contributed by atoms with Gasteiger partial charge in [-0.05, 0) is 43.3 Å². The van der Waals surface area contributed by atoms with Gasteiger partial charge >= 0.3 is 6.01 Å². The molecular formula is C31H31ClF2N6O4. The monoisotopic (exact) mass is 624 g/mol. The van der Waals surface area contributed by atoms with E-state index in [1.165, 1.54) is 6.07 Å². The van der Waals surface area contributed by atoms with Crippen LogP contribution in [0.2, 0.25) is 5.02 Å². The summed E-state index contributed by atoms with van der Waals surface area (Å²) >= 11 is 6.44. The summed E-state index contributed by atoms with van der Waals surface area (Å²) < 4.78 is 35.3. The first kappa shape index (κ1) is 27.8. The average molecular weight is 625 g/mol. The highest BCUT2D eigenvalue weighted by Gasteiger charge is 2.50. The zero-order valence-corrected chi connectivity index (χ0v) is 24.6. The second kappa shape index (κ2) is 10.1. The molecule has 44 heavy (non-hydrogen) atoms. The maximum absolute atomic E-state index is 14.6. The Hall–Kier alpha value is -3.77. The second-order valence-electron chi connectivity index (χ2n) is 12.7. The number of ether oxygens (including phenoxy) is 1. The van der Waals surface area contributed by atoms with Gasteiger partial charge in [0.1, 0.15) is 30.2 Å². The summed E-state index contributed by atoms with van der Waals surface area (Å²) in [5.41, 5.74) is 1.76. The van der Waals surface area contributed by atoms with Crippen molar-refractivity contribution in [1.29, 1.82) is 0 Å². The van der Waals surface area contributed by atoms with Crippen LogP contribution in [0.1, 0.15) is 30.5 Å². The number of nitrogens with zero attached hydrogens (tertiary/aromatic N) is 5. The van der Waals surface area contributed by atoms with E-state index in [4.69, 9.17) is 26.3 Å². The normalized spacial score (nSPS) is 28.0. The van der Waals surface area contributed by atoms with Crippen LogP contribution in [0.4, 0.5) is 20.3 Å². The molecule has 5 aliphatic heterocycles. The number of phenolic OH excluding ortho intramolecular Hbond substituents is 1. The van der Waals surface area contributed by atoms with Gasteiger partial charge in [-0.3, -0.25) is 19.8 Å². The largest absolute Gasteiger partial charge is 0.508 e. The number of benzene rings is 2. The molecule has 3 aromatic rings. The van der Waals surface area contributed by atoms with Gasteiger partial charge in [-0.25, -0.2) is 8.78 Å². The summed E-state index contributed by atoms with van der Waals surface area (Å²) in [6, 6.07) is 6.14. The lowest BCUT2D eigenvalue weighted by Gasteiger charge is -2.34. The van der Waals surface area contributed by atoms with Gasteiger partial charge in [0, 0.05) is 49.6 Å². The Bertz CT molecular complexity index is 1700. The molecule has 6 heterocycles. The maximum atomic E-state index is 14.6. The number of halogens is 3. The number of aromatic nitrogens is 2. The predicted octanol–water partition coefficient (Wildman–Crippen LogP) is 3.35. The SMILES string of the molecule is O=C1NC(=O)C2CN(c3nc(OC[C@@]45CCCN4C[C@H](F)C5)nc4c3CCN(c3cc(O)cc5ccc(F)c(Cl)c35)C4)CC12. The van der Waals surface area contributed by atoms with Crippen LogP contribution in [0.25, 0.3) is 10.8 Å². The van der Waals surface area contributed by atoms with Gasteiger partial charge in [0.25, 0.3) is 0 Å². The summed E-state index contributed by atoms with van der Waals surface area (Å²) in [7, 11) is 0. The Kier molecular flexibility index (Phi) is 6.39. The number of hydrogen-bond donors (Lipinski definition) is 2. The van der Waals surface area contributed by atoms with Crippen molar-refractivity contribution in [3.63, 3.8) is 0 Å². The first-order valence-corrected chi connectivity index (χ1v) is 15.4. The predicted molar refractivity (Wildman–Crippen MR) is 158 cm³/mol. The summed E-state index contributed by atoms with van der Waals surface area (Å²) in [6.45, 7) is 3.00. The minimum atomic E-state index is -0.895. The number of fused-ring (bicyclic) bond motifs is 4. The molecule has 0 spiro atoms. The Morgan fingerprint density at radius 2 is 1.89 bits per heavy atom. The lowest BCUT2D eigenvalue weighted by atomic mass is 9.95. The highest BCUT2D eigenvalue weighted by atomic mass is 35.5. The fourth-order valence-electron chi connectivity index (χ4n) is 7.99. The third-order valence-electron chi connectivity index (χ3n) is 10.1. The third-order valence-corrected chi connectivity index (χ3v) is 10.5. The van der Waals surface area contributed by atoms with Crippen LogP contribution >= 0.6 is 11.6 Å². The van der Waals surface area contributed by atoms with E-state index in [0.29, 0.717) is 73.5 Å². The molecule has 0 aliphatic carbocycles. The fraction of sp³-hybridized carbons (Fsp3) is 0.484. The first-order chi connectivity index (χ1) is 21.2. The van der Waals surface area contributed by atoms with Crippen molar-refractivity contribution in [3.8, 4) is 11.8 Å². The highest BCUT2D eigenvalue weighted by molar-refractivity contribution is 6.37. The molecule has 4 saturated heterocycles. The standard InChI is InChI=1S/C31H31ClF2N6O4/c32-26-22(34)3-2-16-8-18(41)9-24(25(16)26)38-7-4-19-23(14-38)35-30(44-15-31-5-1-6-40(31)11-17(33)10-31)36-27(19)39-12-20-21(13-39)29(43)37-28(20)42/h2-3,8-9,17,20-21,41H,1,4-7,10-15H2,(H,37,42,43)/t17-,20?,21?,31+/m1/s1. The van der Waals surface area contributed by atoms with Crippen LogP contribution in [0.3, 0.4) is 0 Å². The van der Waals surface area contributed by atoms with Crippen molar-refractivity contribution in [2.45, 2.75) is 43.9 Å². The molecule has 8 rings (SSSR count). The number of hydrogen-bond acceptors (Lipinski definition) is 9. The van der Waals surface area contributed by atoms with Gasteiger partial charge in [0.05, 0.1) is 40.3 Å². The maximum Gasteiger partial charge on any atom is 0.318 e. The molecule has 2 amide bonds. The smallest absolute Gasteiger partial charge is 0.318 e. The Morgan fingerprint density at radius 3 is 2.68 bits per heavy atom. The quantitative estimate of drug-likeness (QED) is 0.413. The topological polar surface area (TPSA) is 111 Å². The van der Waals surface area contributed by atoms with Gasteiger partial charge in [-0.2, -0.15) is 9.97 Å². The molecule has 2 N–H and O–H groups in total. The van der Waals surface area contributed by atoms with Crippen molar-refractivity contribution < 1.29 is 28.2 Å². The van der Waals surface area contributed by atoms with Crippen molar-refractivity contribution in [3.05, 3.63) is 46.4 Å². The summed E-state index contributed by atoms with van der Waals surface area (Å²) in [5.74, 6) is -1.32. The van der Waals surface area contributed by atoms with Gasteiger partial charge in [-0.1, -0.05) is 17.7 Å². The number of amides is 2. The third kappa shape index (κ3) is 4.36. The minimum absolute atomic E-state index is 0.0228. The number of rotatable bonds is 5. The highest BCUT2D eigenvalue weighted by Crippen LogP contribution is 2.43. The van der Waals surface area contributed by atoms with Crippen LogP contribution in [-0.2, 0) is 22.6 Å². The van der Waals surface area contributed by atoms with Crippen molar-refractivity contribution in [2.75, 3.05) is 49.1 Å². The van der Waals surface area contributed by atoms with Crippen molar-refractivity contribution >= 4 is 45.7 Å². The number of imide groups is 1. The molecular weight excluding hydrogens is 594 g/mol. The number of nitrogens with one attached hydrogen (secondary N) is 1. The van der Waals surface area contributed by atoms with Gasteiger partial charge in [0.15, 0.2) is 0 Å². The average Bonchev–Trinajstić information content (AvgIpc) is 3.74. The fourth-order valence-corrected chi connectivity index (χ4v) is 8.26. The van der Waals surface area contributed by atoms with E-state index in [0.717, 1.165) is 24.9 Å². The number of phenols is 1.